The van der Waals surface area contributed by atoms with E-state index in [4.69, 9.17) is 19.7 Å². The molecule has 0 unspecified atom stereocenters. The molecular formula is C55H35N3O. The normalized spacial score (nSPS) is 11.5. The first-order valence-corrected chi connectivity index (χ1v) is 19.8. The van der Waals surface area contributed by atoms with Gasteiger partial charge in [-0.3, -0.25) is 0 Å². The molecule has 0 fully saturated rings. The van der Waals surface area contributed by atoms with Crippen LogP contribution in [0.3, 0.4) is 0 Å². The largest absolute Gasteiger partial charge is 0.456 e. The lowest BCUT2D eigenvalue weighted by molar-refractivity contribution is 0.487. The second-order valence-corrected chi connectivity index (χ2v) is 14.8. The number of hydrogen-bond acceptors (Lipinski definition) is 4. The minimum absolute atomic E-state index is 0.625. The maximum Gasteiger partial charge on any atom is 0.164 e. The smallest absolute Gasteiger partial charge is 0.164 e. The molecule has 0 saturated carbocycles. The maximum atomic E-state index is 6.59. The van der Waals surface area contributed by atoms with E-state index < -0.39 is 0 Å². The van der Waals surface area contributed by atoms with Gasteiger partial charge < -0.3 is 4.74 Å². The number of hydrogen-bond donors (Lipinski definition) is 0. The minimum Gasteiger partial charge on any atom is -0.456 e. The van der Waals surface area contributed by atoms with E-state index in [0.717, 1.165) is 55.8 Å². The standard InChI is InChI=1S/C55H35N3O/c1-4-11-36(12-5-1)38-19-25-41(26-20-38)46-32-34-51-52-47(46)17-10-18-48(52)49-35-45(31-33-50(49)59-51)40-23-29-44(30-24-40)55-57-53(42-15-8-3-9-16-42)56-54(58-55)43-27-21-39(22-28-43)37-13-6-2-7-14-37/h1-35H. The molecule has 4 nitrogen and oxygen atoms in total. The molecule has 0 aliphatic carbocycles. The summed E-state index contributed by atoms with van der Waals surface area (Å²) in [5.74, 6) is 3.63. The zero-order chi connectivity index (χ0) is 39.1. The van der Waals surface area contributed by atoms with Crippen molar-refractivity contribution in [1.82, 2.24) is 15.0 Å². The molecule has 11 rings (SSSR count). The molecule has 59 heavy (non-hydrogen) atoms. The quantitative estimate of drug-likeness (QED) is 0.163. The van der Waals surface area contributed by atoms with Gasteiger partial charge in [-0.2, -0.15) is 0 Å². The number of aromatic nitrogens is 3. The summed E-state index contributed by atoms with van der Waals surface area (Å²) in [7, 11) is 0. The van der Waals surface area contributed by atoms with Crippen molar-refractivity contribution in [3.8, 4) is 101 Å². The van der Waals surface area contributed by atoms with E-state index in [1.807, 2.05) is 36.4 Å². The summed E-state index contributed by atoms with van der Waals surface area (Å²) in [6, 6.07) is 74.1. The van der Waals surface area contributed by atoms with Crippen LogP contribution in [0.5, 0.6) is 11.5 Å². The topological polar surface area (TPSA) is 47.9 Å². The Hall–Kier alpha value is -7.95. The second-order valence-electron chi connectivity index (χ2n) is 14.8. The van der Waals surface area contributed by atoms with Crippen molar-refractivity contribution in [2.75, 3.05) is 0 Å². The van der Waals surface area contributed by atoms with Gasteiger partial charge in [0.25, 0.3) is 0 Å². The van der Waals surface area contributed by atoms with Gasteiger partial charge in [-0.05, 0) is 73.7 Å². The maximum absolute atomic E-state index is 6.59. The first kappa shape index (κ1) is 34.3. The SMILES string of the molecule is c1ccc(-c2ccc(-c3nc(-c4ccccc4)nc(-c4ccc(-c5ccc6c(c5)-c5cccc7c(-c8ccc(-c9ccccc9)cc8)ccc(c57)O6)cc4)n3)cc2)cc1. The number of benzene rings is 9. The Bertz CT molecular complexity index is 3130. The van der Waals surface area contributed by atoms with Gasteiger partial charge in [-0.25, -0.2) is 15.0 Å². The third kappa shape index (κ3) is 6.43. The van der Waals surface area contributed by atoms with Crippen LogP contribution in [0.25, 0.3) is 101 Å². The van der Waals surface area contributed by atoms with Crippen molar-refractivity contribution in [2.45, 2.75) is 0 Å². The number of ether oxygens (including phenoxy) is 1. The van der Waals surface area contributed by atoms with Crippen molar-refractivity contribution >= 4 is 10.8 Å². The summed E-state index contributed by atoms with van der Waals surface area (Å²) in [4.78, 5) is 14.9. The number of rotatable bonds is 7. The van der Waals surface area contributed by atoms with Crippen molar-refractivity contribution in [1.29, 1.82) is 0 Å². The predicted octanol–water partition coefficient (Wildman–Crippen LogP) is 14.5. The molecule has 276 valence electrons. The van der Waals surface area contributed by atoms with Crippen LogP contribution < -0.4 is 4.74 Å². The zero-order valence-corrected chi connectivity index (χ0v) is 32.0. The molecule has 0 bridgehead atoms. The lowest BCUT2D eigenvalue weighted by Crippen LogP contribution is -2.00. The fraction of sp³-hybridized carbons (Fsp3) is 0. The molecule has 2 heterocycles. The van der Waals surface area contributed by atoms with Gasteiger partial charge in [0.05, 0.1) is 0 Å². The van der Waals surface area contributed by atoms with Crippen molar-refractivity contribution < 1.29 is 4.74 Å². The summed E-state index contributed by atoms with van der Waals surface area (Å²) in [6.07, 6.45) is 0. The third-order valence-electron chi connectivity index (χ3n) is 11.2. The van der Waals surface area contributed by atoms with E-state index >= 15 is 0 Å². The van der Waals surface area contributed by atoms with E-state index in [2.05, 4.69) is 176 Å². The molecule has 0 saturated heterocycles. The number of fused-ring (bicyclic) bond motifs is 2. The lowest BCUT2D eigenvalue weighted by atomic mass is 9.89. The van der Waals surface area contributed by atoms with Gasteiger partial charge in [0.15, 0.2) is 17.5 Å². The average Bonchev–Trinajstić information content (AvgIpc) is 3.32. The van der Waals surface area contributed by atoms with E-state index in [1.54, 1.807) is 0 Å². The molecule has 4 heteroatoms. The third-order valence-corrected chi connectivity index (χ3v) is 11.2. The van der Waals surface area contributed by atoms with Gasteiger partial charge in [0.1, 0.15) is 11.5 Å². The molecular weight excluding hydrogens is 719 g/mol. The highest BCUT2D eigenvalue weighted by atomic mass is 16.5. The first-order chi connectivity index (χ1) is 29.2. The van der Waals surface area contributed by atoms with Gasteiger partial charge in [-0.1, -0.05) is 194 Å². The molecule has 0 amide bonds. The average molecular weight is 754 g/mol. The van der Waals surface area contributed by atoms with E-state index in [1.165, 1.54) is 38.8 Å². The Kier molecular flexibility index (Phi) is 8.45. The van der Waals surface area contributed by atoms with Crippen molar-refractivity contribution in [3.05, 3.63) is 212 Å². The summed E-state index contributed by atoms with van der Waals surface area (Å²) < 4.78 is 6.59. The fourth-order valence-electron chi connectivity index (χ4n) is 8.14. The van der Waals surface area contributed by atoms with Crippen LogP contribution in [0.4, 0.5) is 0 Å². The molecule has 9 aromatic carbocycles. The predicted molar refractivity (Wildman–Crippen MR) is 241 cm³/mol. The van der Waals surface area contributed by atoms with Crippen LogP contribution in [0, 0.1) is 0 Å². The first-order valence-electron chi connectivity index (χ1n) is 19.8. The molecule has 1 aromatic heterocycles. The molecule has 10 aromatic rings. The summed E-state index contributed by atoms with van der Waals surface area (Å²) in [5.41, 5.74) is 14.3. The summed E-state index contributed by atoms with van der Waals surface area (Å²) in [5, 5.41) is 2.30. The van der Waals surface area contributed by atoms with Crippen LogP contribution in [0.2, 0.25) is 0 Å². The monoisotopic (exact) mass is 753 g/mol. The molecule has 1 aliphatic rings. The lowest BCUT2D eigenvalue weighted by Gasteiger charge is -2.23. The highest BCUT2D eigenvalue weighted by Gasteiger charge is 2.22. The van der Waals surface area contributed by atoms with Gasteiger partial charge in [-0.15, -0.1) is 0 Å². The Morgan fingerprint density at radius 2 is 0.661 bits per heavy atom. The van der Waals surface area contributed by atoms with E-state index in [9.17, 15) is 0 Å². The Labute approximate surface area is 342 Å². The van der Waals surface area contributed by atoms with Crippen molar-refractivity contribution in [3.63, 3.8) is 0 Å². The molecule has 0 atom stereocenters. The minimum atomic E-state index is 0.625. The second kappa shape index (κ2) is 14.5. The van der Waals surface area contributed by atoms with Crippen LogP contribution in [-0.4, -0.2) is 15.0 Å². The van der Waals surface area contributed by atoms with E-state index in [0.29, 0.717) is 17.5 Å². The highest BCUT2D eigenvalue weighted by molar-refractivity contribution is 6.10. The van der Waals surface area contributed by atoms with Crippen LogP contribution >= 0.6 is 0 Å². The van der Waals surface area contributed by atoms with Crippen LogP contribution in [0.1, 0.15) is 0 Å². The van der Waals surface area contributed by atoms with Gasteiger partial charge >= 0.3 is 0 Å². The van der Waals surface area contributed by atoms with Crippen LogP contribution in [-0.2, 0) is 0 Å². The zero-order valence-electron chi connectivity index (χ0n) is 32.0. The Morgan fingerprint density at radius 1 is 0.254 bits per heavy atom. The molecule has 0 spiro atoms. The Balaban J connectivity index is 0.925. The molecule has 0 radical (unpaired) electrons. The number of nitrogens with zero attached hydrogens (tertiary/aromatic N) is 3. The molecule has 0 N–H and O–H groups in total. The summed E-state index contributed by atoms with van der Waals surface area (Å²) in [6.45, 7) is 0. The van der Waals surface area contributed by atoms with Crippen molar-refractivity contribution in [2.24, 2.45) is 0 Å². The highest BCUT2D eigenvalue weighted by Crippen LogP contribution is 2.49. The van der Waals surface area contributed by atoms with Crippen LogP contribution in [0.15, 0.2) is 212 Å². The van der Waals surface area contributed by atoms with Gasteiger partial charge in [0, 0.05) is 27.6 Å². The Morgan fingerprint density at radius 3 is 1.20 bits per heavy atom. The van der Waals surface area contributed by atoms with E-state index in [-0.39, 0.29) is 0 Å². The molecule has 1 aliphatic heterocycles. The summed E-state index contributed by atoms with van der Waals surface area (Å²) >= 11 is 0. The fourth-order valence-corrected chi connectivity index (χ4v) is 8.14. The van der Waals surface area contributed by atoms with Gasteiger partial charge in [0.2, 0.25) is 0 Å².